The summed E-state index contributed by atoms with van der Waals surface area (Å²) < 4.78 is 1.82. The van der Waals surface area contributed by atoms with Crippen LogP contribution in [-0.4, -0.2) is 51.5 Å². The molecule has 3 aromatic rings. The van der Waals surface area contributed by atoms with Crippen molar-refractivity contribution >= 4 is 53.5 Å². The summed E-state index contributed by atoms with van der Waals surface area (Å²) in [6, 6.07) is 1.99. The van der Waals surface area contributed by atoms with Gasteiger partial charge in [0.25, 0.3) is 0 Å². The van der Waals surface area contributed by atoms with E-state index in [-0.39, 0.29) is 13.2 Å². The highest BCUT2D eigenvalue weighted by Gasteiger charge is 2.16. The molecule has 0 saturated heterocycles. The Morgan fingerprint density at radius 1 is 1.14 bits per heavy atom. The first-order valence-electron chi connectivity index (χ1n) is 6.40. The number of anilines is 1. The van der Waals surface area contributed by atoms with E-state index in [4.69, 9.17) is 0 Å². The summed E-state index contributed by atoms with van der Waals surface area (Å²) in [5, 5.41) is 19.4. The molecule has 0 saturated carbocycles. The van der Waals surface area contributed by atoms with Gasteiger partial charge in [-0.25, -0.2) is 15.0 Å². The smallest absolute Gasteiger partial charge is 0.150 e. The third-order valence-electron chi connectivity index (χ3n) is 3.10. The number of fused-ring (bicyclic) bond motifs is 3. The summed E-state index contributed by atoms with van der Waals surface area (Å²) in [6.07, 6.45) is 3.26. The highest BCUT2D eigenvalue weighted by molar-refractivity contribution is 9.10. The third kappa shape index (κ3) is 2.71. The van der Waals surface area contributed by atoms with Crippen molar-refractivity contribution in [3.8, 4) is 0 Å². The summed E-state index contributed by atoms with van der Waals surface area (Å²) in [6.45, 7) is 0.830. The van der Waals surface area contributed by atoms with Crippen LogP contribution in [0.3, 0.4) is 0 Å². The average molecular weight is 369 g/mol. The molecule has 6 nitrogen and oxygen atoms in total. The second-order valence-electron chi connectivity index (χ2n) is 4.42. The fraction of sp³-hybridized carbons (Fsp3) is 0.308. The van der Waals surface area contributed by atoms with Gasteiger partial charge in [0, 0.05) is 29.1 Å². The van der Waals surface area contributed by atoms with Crippen molar-refractivity contribution < 1.29 is 10.2 Å². The van der Waals surface area contributed by atoms with Gasteiger partial charge in [0.2, 0.25) is 0 Å². The maximum atomic E-state index is 9.19. The molecule has 3 heterocycles. The Labute approximate surface area is 133 Å². The molecular weight excluding hydrogens is 356 g/mol. The Balaban J connectivity index is 2.21. The predicted octanol–water partition coefficient (Wildman–Crippen LogP) is 1.79. The van der Waals surface area contributed by atoms with E-state index < -0.39 is 0 Å². The number of pyridine rings is 1. The predicted molar refractivity (Wildman–Crippen MR) is 86.8 cm³/mol. The van der Waals surface area contributed by atoms with Crippen LogP contribution in [0.15, 0.2) is 23.1 Å². The molecule has 0 aromatic carbocycles. The monoisotopic (exact) mass is 368 g/mol. The molecule has 0 aliphatic rings. The Morgan fingerprint density at radius 2 is 1.90 bits per heavy atom. The Bertz CT molecular complexity index is 773. The van der Waals surface area contributed by atoms with Crippen LogP contribution in [0.4, 0.5) is 5.82 Å². The van der Waals surface area contributed by atoms with Crippen molar-refractivity contribution in [3.05, 3.63) is 23.1 Å². The third-order valence-corrected chi connectivity index (χ3v) is 4.63. The minimum atomic E-state index is 0.000188. The van der Waals surface area contributed by atoms with Crippen molar-refractivity contribution in [1.82, 2.24) is 15.0 Å². The van der Waals surface area contributed by atoms with Crippen molar-refractivity contribution in [3.63, 3.8) is 0 Å². The number of halogens is 1. The van der Waals surface area contributed by atoms with Crippen LogP contribution in [0.25, 0.3) is 20.4 Å². The maximum absolute atomic E-state index is 9.19. The zero-order valence-electron chi connectivity index (χ0n) is 11.0. The fourth-order valence-electron chi connectivity index (χ4n) is 2.21. The second kappa shape index (κ2) is 6.18. The number of hydrogen-bond acceptors (Lipinski definition) is 7. The molecule has 0 atom stereocenters. The SMILES string of the molecule is OCCN(CCO)c1ncnc2c1sc1ncc(Br)cc12. The second-order valence-corrected chi connectivity index (χ2v) is 6.33. The highest BCUT2D eigenvalue weighted by Crippen LogP contribution is 2.36. The molecule has 0 amide bonds. The lowest BCUT2D eigenvalue weighted by Gasteiger charge is -2.21. The summed E-state index contributed by atoms with van der Waals surface area (Å²) >= 11 is 4.94. The van der Waals surface area contributed by atoms with E-state index in [1.807, 2.05) is 11.0 Å². The lowest BCUT2D eigenvalue weighted by Crippen LogP contribution is -2.30. The van der Waals surface area contributed by atoms with Crippen LogP contribution in [-0.2, 0) is 0 Å². The highest BCUT2D eigenvalue weighted by atomic mass is 79.9. The molecule has 0 aliphatic heterocycles. The molecule has 3 rings (SSSR count). The Kier molecular flexibility index (Phi) is 4.29. The molecule has 0 unspecified atom stereocenters. The van der Waals surface area contributed by atoms with E-state index in [0.29, 0.717) is 13.1 Å². The number of aromatic nitrogens is 3. The molecule has 0 fully saturated rings. The van der Waals surface area contributed by atoms with Crippen LogP contribution in [0.5, 0.6) is 0 Å². The number of hydrogen-bond donors (Lipinski definition) is 2. The molecule has 110 valence electrons. The lowest BCUT2D eigenvalue weighted by molar-refractivity contribution is 0.281. The molecule has 3 aromatic heterocycles. The van der Waals surface area contributed by atoms with Gasteiger partial charge < -0.3 is 15.1 Å². The maximum Gasteiger partial charge on any atom is 0.150 e. The fourth-order valence-corrected chi connectivity index (χ4v) is 3.64. The van der Waals surface area contributed by atoms with Crippen molar-refractivity contribution in [2.75, 3.05) is 31.2 Å². The van der Waals surface area contributed by atoms with Crippen LogP contribution in [0.1, 0.15) is 0 Å². The van der Waals surface area contributed by atoms with Crippen LogP contribution in [0, 0.1) is 0 Å². The Morgan fingerprint density at radius 3 is 2.62 bits per heavy atom. The number of thiophene rings is 1. The van der Waals surface area contributed by atoms with Crippen molar-refractivity contribution in [1.29, 1.82) is 0 Å². The van der Waals surface area contributed by atoms with Gasteiger partial charge in [-0.15, -0.1) is 11.3 Å². The summed E-state index contributed by atoms with van der Waals surface area (Å²) in [7, 11) is 0. The van der Waals surface area contributed by atoms with E-state index in [0.717, 1.165) is 30.7 Å². The van der Waals surface area contributed by atoms with Crippen LogP contribution in [0.2, 0.25) is 0 Å². The van der Waals surface area contributed by atoms with Gasteiger partial charge >= 0.3 is 0 Å². The number of aliphatic hydroxyl groups excluding tert-OH is 2. The normalized spacial score (nSPS) is 11.4. The van der Waals surface area contributed by atoms with E-state index >= 15 is 0 Å². The molecule has 0 aliphatic carbocycles. The molecule has 0 bridgehead atoms. The van der Waals surface area contributed by atoms with E-state index in [9.17, 15) is 10.2 Å². The van der Waals surface area contributed by atoms with Gasteiger partial charge in [-0.3, -0.25) is 0 Å². The first kappa shape index (κ1) is 14.6. The molecule has 0 spiro atoms. The first-order valence-corrected chi connectivity index (χ1v) is 8.01. The minimum absolute atomic E-state index is 0.000188. The first-order chi connectivity index (χ1) is 10.2. The number of aliphatic hydroxyl groups is 2. The van der Waals surface area contributed by atoms with Crippen molar-refractivity contribution in [2.45, 2.75) is 0 Å². The molecule has 2 N–H and O–H groups in total. The van der Waals surface area contributed by atoms with Gasteiger partial charge in [-0.1, -0.05) is 0 Å². The molecular formula is C13H13BrN4O2S. The van der Waals surface area contributed by atoms with Crippen molar-refractivity contribution in [2.24, 2.45) is 0 Å². The summed E-state index contributed by atoms with van der Waals surface area (Å²) in [4.78, 5) is 15.8. The summed E-state index contributed by atoms with van der Waals surface area (Å²) in [5.41, 5.74) is 0.842. The number of nitrogens with zero attached hydrogens (tertiary/aromatic N) is 4. The number of rotatable bonds is 5. The molecule has 8 heteroatoms. The molecule has 0 radical (unpaired) electrons. The zero-order valence-corrected chi connectivity index (χ0v) is 13.4. The quantitative estimate of drug-likeness (QED) is 0.714. The van der Waals surface area contributed by atoms with Gasteiger partial charge in [-0.05, 0) is 22.0 Å². The topological polar surface area (TPSA) is 82.4 Å². The average Bonchev–Trinajstić information content (AvgIpc) is 2.85. The van der Waals surface area contributed by atoms with Gasteiger partial charge in [0.15, 0.2) is 0 Å². The van der Waals surface area contributed by atoms with Crippen LogP contribution < -0.4 is 4.90 Å². The van der Waals surface area contributed by atoms with E-state index in [1.54, 1.807) is 6.20 Å². The zero-order chi connectivity index (χ0) is 14.8. The lowest BCUT2D eigenvalue weighted by atomic mass is 10.3. The standard InChI is InChI=1S/C13H13BrN4O2S/c14-8-5-9-10-11(21-13(9)15-6-8)12(17-7-16-10)18(1-3-19)2-4-20/h5-7,19-20H,1-4H2. The summed E-state index contributed by atoms with van der Waals surface area (Å²) in [5.74, 6) is 0.724. The molecule has 21 heavy (non-hydrogen) atoms. The van der Waals surface area contributed by atoms with Crippen LogP contribution >= 0.6 is 27.3 Å². The van der Waals surface area contributed by atoms with E-state index in [1.165, 1.54) is 17.7 Å². The largest absolute Gasteiger partial charge is 0.395 e. The van der Waals surface area contributed by atoms with Gasteiger partial charge in [-0.2, -0.15) is 0 Å². The Hall–Kier alpha value is -1.35. The van der Waals surface area contributed by atoms with Gasteiger partial charge in [0.1, 0.15) is 17.0 Å². The minimum Gasteiger partial charge on any atom is -0.395 e. The van der Waals surface area contributed by atoms with E-state index in [2.05, 4.69) is 30.9 Å². The van der Waals surface area contributed by atoms with Gasteiger partial charge in [0.05, 0.1) is 23.4 Å².